The fourth-order valence-corrected chi connectivity index (χ4v) is 2.19. The number of sulfone groups is 1. The smallest absolute Gasteiger partial charge is 0.179 e. The Morgan fingerprint density at radius 3 is 2.33 bits per heavy atom. The molecule has 0 saturated heterocycles. The van der Waals surface area contributed by atoms with Crippen molar-refractivity contribution in [3.63, 3.8) is 0 Å². The normalized spacial score (nSPS) is 11.5. The Labute approximate surface area is 88.3 Å². The SMILES string of the molecule is CS(=O)(=O)c1ccoc1-c1ccccc1. The van der Waals surface area contributed by atoms with Crippen LogP contribution in [0.3, 0.4) is 0 Å². The molecule has 0 atom stereocenters. The molecule has 78 valence electrons. The van der Waals surface area contributed by atoms with Crippen molar-refractivity contribution >= 4 is 9.84 Å². The van der Waals surface area contributed by atoms with Crippen LogP contribution in [-0.2, 0) is 9.84 Å². The van der Waals surface area contributed by atoms with Crippen molar-refractivity contribution in [2.45, 2.75) is 4.90 Å². The maximum absolute atomic E-state index is 11.4. The highest BCUT2D eigenvalue weighted by molar-refractivity contribution is 7.90. The minimum Gasteiger partial charge on any atom is -0.463 e. The molecular formula is C11H10O3S. The number of furan rings is 1. The van der Waals surface area contributed by atoms with E-state index in [9.17, 15) is 8.42 Å². The Kier molecular flexibility index (Phi) is 2.36. The summed E-state index contributed by atoms with van der Waals surface area (Å²) >= 11 is 0. The van der Waals surface area contributed by atoms with Gasteiger partial charge in [-0.3, -0.25) is 0 Å². The largest absolute Gasteiger partial charge is 0.463 e. The molecule has 3 nitrogen and oxygen atoms in total. The van der Waals surface area contributed by atoms with Crippen molar-refractivity contribution in [3.8, 4) is 11.3 Å². The van der Waals surface area contributed by atoms with Crippen LogP contribution in [0, 0.1) is 0 Å². The van der Waals surface area contributed by atoms with Crippen LogP contribution in [0.2, 0.25) is 0 Å². The first-order valence-electron chi connectivity index (χ1n) is 4.42. The Morgan fingerprint density at radius 2 is 1.73 bits per heavy atom. The van der Waals surface area contributed by atoms with E-state index in [0.29, 0.717) is 5.76 Å². The van der Waals surface area contributed by atoms with Crippen LogP contribution in [0.15, 0.2) is 52.0 Å². The van der Waals surface area contributed by atoms with Gasteiger partial charge in [0, 0.05) is 11.8 Å². The molecule has 0 aliphatic heterocycles. The van der Waals surface area contributed by atoms with Gasteiger partial charge in [-0.05, 0) is 6.07 Å². The molecule has 0 bridgehead atoms. The lowest BCUT2D eigenvalue weighted by Gasteiger charge is -1.99. The Hall–Kier alpha value is -1.55. The van der Waals surface area contributed by atoms with Crippen LogP contribution in [0.5, 0.6) is 0 Å². The van der Waals surface area contributed by atoms with E-state index in [1.807, 2.05) is 30.3 Å². The Balaban J connectivity index is 2.61. The molecule has 0 spiro atoms. The molecule has 1 heterocycles. The number of benzene rings is 1. The zero-order valence-corrected chi connectivity index (χ0v) is 8.99. The van der Waals surface area contributed by atoms with Crippen LogP contribution in [0.25, 0.3) is 11.3 Å². The lowest BCUT2D eigenvalue weighted by molar-refractivity contribution is 0.572. The third-order valence-corrected chi connectivity index (χ3v) is 3.18. The Bertz CT molecular complexity index is 553. The van der Waals surface area contributed by atoms with Crippen LogP contribution in [-0.4, -0.2) is 14.7 Å². The fourth-order valence-electron chi connectivity index (χ4n) is 1.39. The molecule has 2 rings (SSSR count). The standard InChI is InChI=1S/C11H10O3S/c1-15(12,13)10-7-8-14-11(10)9-5-3-2-4-6-9/h2-8H,1H3. The van der Waals surface area contributed by atoms with Gasteiger partial charge in [-0.1, -0.05) is 30.3 Å². The van der Waals surface area contributed by atoms with Crippen molar-refractivity contribution in [3.05, 3.63) is 42.7 Å². The lowest BCUT2D eigenvalue weighted by Crippen LogP contribution is -1.96. The van der Waals surface area contributed by atoms with Gasteiger partial charge in [0.05, 0.1) is 6.26 Å². The van der Waals surface area contributed by atoms with Crippen LogP contribution < -0.4 is 0 Å². The van der Waals surface area contributed by atoms with Crippen molar-refractivity contribution in [2.75, 3.05) is 6.26 Å². The molecule has 0 saturated carbocycles. The molecule has 0 aliphatic carbocycles. The number of rotatable bonds is 2. The minimum absolute atomic E-state index is 0.230. The highest BCUT2D eigenvalue weighted by Gasteiger charge is 2.17. The van der Waals surface area contributed by atoms with Crippen LogP contribution >= 0.6 is 0 Å². The molecule has 2 aromatic rings. The molecule has 0 N–H and O–H groups in total. The van der Waals surface area contributed by atoms with Gasteiger partial charge in [-0.15, -0.1) is 0 Å². The third-order valence-electron chi connectivity index (χ3n) is 2.06. The summed E-state index contributed by atoms with van der Waals surface area (Å²) in [6, 6.07) is 10.6. The zero-order chi connectivity index (χ0) is 10.9. The van der Waals surface area contributed by atoms with E-state index in [4.69, 9.17) is 4.42 Å². The summed E-state index contributed by atoms with van der Waals surface area (Å²) in [5.41, 5.74) is 0.767. The maximum Gasteiger partial charge on any atom is 0.179 e. The second kappa shape index (κ2) is 3.55. The van der Waals surface area contributed by atoms with E-state index >= 15 is 0 Å². The van der Waals surface area contributed by atoms with E-state index in [1.54, 1.807) is 0 Å². The molecule has 1 aromatic heterocycles. The van der Waals surface area contributed by atoms with Crippen molar-refractivity contribution < 1.29 is 12.8 Å². The predicted molar refractivity (Wildman–Crippen MR) is 57.3 cm³/mol. The molecule has 0 aliphatic rings. The van der Waals surface area contributed by atoms with Crippen LogP contribution in [0.1, 0.15) is 0 Å². The fraction of sp³-hybridized carbons (Fsp3) is 0.0909. The topological polar surface area (TPSA) is 47.3 Å². The first-order valence-corrected chi connectivity index (χ1v) is 6.31. The molecule has 0 unspecified atom stereocenters. The molecule has 0 radical (unpaired) electrons. The first kappa shape index (κ1) is 9.98. The highest BCUT2D eigenvalue weighted by Crippen LogP contribution is 2.27. The molecule has 1 aromatic carbocycles. The second-order valence-corrected chi connectivity index (χ2v) is 5.24. The van der Waals surface area contributed by atoms with E-state index in [2.05, 4.69) is 0 Å². The molecule has 4 heteroatoms. The van der Waals surface area contributed by atoms with Gasteiger partial charge in [0.25, 0.3) is 0 Å². The van der Waals surface area contributed by atoms with Gasteiger partial charge in [0.15, 0.2) is 15.6 Å². The van der Waals surface area contributed by atoms with E-state index in [0.717, 1.165) is 5.56 Å². The molecule has 0 amide bonds. The molecule has 15 heavy (non-hydrogen) atoms. The highest BCUT2D eigenvalue weighted by atomic mass is 32.2. The van der Waals surface area contributed by atoms with Gasteiger partial charge in [-0.2, -0.15) is 0 Å². The lowest BCUT2D eigenvalue weighted by atomic mass is 10.2. The van der Waals surface area contributed by atoms with Gasteiger partial charge < -0.3 is 4.42 Å². The van der Waals surface area contributed by atoms with E-state index < -0.39 is 9.84 Å². The van der Waals surface area contributed by atoms with Gasteiger partial charge >= 0.3 is 0 Å². The first-order chi connectivity index (χ1) is 7.09. The average molecular weight is 222 g/mol. The number of hydrogen-bond donors (Lipinski definition) is 0. The van der Waals surface area contributed by atoms with Gasteiger partial charge in [0.2, 0.25) is 0 Å². The number of hydrogen-bond acceptors (Lipinski definition) is 3. The maximum atomic E-state index is 11.4. The minimum atomic E-state index is -3.23. The summed E-state index contributed by atoms with van der Waals surface area (Å²) in [4.78, 5) is 0.230. The summed E-state index contributed by atoms with van der Waals surface area (Å²) < 4.78 is 28.1. The van der Waals surface area contributed by atoms with Crippen molar-refractivity contribution in [1.82, 2.24) is 0 Å². The summed E-state index contributed by atoms with van der Waals surface area (Å²) in [7, 11) is -3.23. The van der Waals surface area contributed by atoms with E-state index in [1.165, 1.54) is 18.6 Å². The summed E-state index contributed by atoms with van der Waals surface area (Å²) in [6.45, 7) is 0. The van der Waals surface area contributed by atoms with Crippen molar-refractivity contribution in [1.29, 1.82) is 0 Å². The Morgan fingerprint density at radius 1 is 1.07 bits per heavy atom. The zero-order valence-electron chi connectivity index (χ0n) is 8.17. The second-order valence-electron chi connectivity index (χ2n) is 3.25. The predicted octanol–water partition coefficient (Wildman–Crippen LogP) is 2.35. The summed E-state index contributed by atoms with van der Waals surface area (Å²) in [5, 5.41) is 0. The summed E-state index contributed by atoms with van der Waals surface area (Å²) in [5.74, 6) is 0.401. The third kappa shape index (κ3) is 1.94. The average Bonchev–Trinajstić information content (AvgIpc) is 2.67. The van der Waals surface area contributed by atoms with Crippen LogP contribution in [0.4, 0.5) is 0 Å². The summed E-state index contributed by atoms with van der Waals surface area (Å²) in [6.07, 6.45) is 2.56. The molecule has 0 fully saturated rings. The quantitative estimate of drug-likeness (QED) is 0.783. The monoisotopic (exact) mass is 222 g/mol. The van der Waals surface area contributed by atoms with Gasteiger partial charge in [-0.25, -0.2) is 8.42 Å². The van der Waals surface area contributed by atoms with Crippen molar-refractivity contribution in [2.24, 2.45) is 0 Å². The van der Waals surface area contributed by atoms with E-state index in [-0.39, 0.29) is 4.90 Å². The van der Waals surface area contributed by atoms with Gasteiger partial charge in [0.1, 0.15) is 4.90 Å². The molecular weight excluding hydrogens is 212 g/mol.